The van der Waals surface area contributed by atoms with Crippen LogP contribution < -0.4 is 0 Å². The molecule has 0 bridgehead atoms. The van der Waals surface area contributed by atoms with Crippen LogP contribution in [0.2, 0.25) is 0 Å². The molecule has 0 spiro atoms. The van der Waals surface area contributed by atoms with E-state index in [-0.39, 0.29) is 30.5 Å². The fraction of sp³-hybridized carbons (Fsp3) is 1.00. The van der Waals surface area contributed by atoms with Gasteiger partial charge in [0.15, 0.2) is 0 Å². The predicted molar refractivity (Wildman–Crippen MR) is 153 cm³/mol. The van der Waals surface area contributed by atoms with Crippen molar-refractivity contribution in [3.05, 3.63) is 0 Å². The van der Waals surface area contributed by atoms with Crippen molar-refractivity contribution in [3.63, 3.8) is 0 Å². The van der Waals surface area contributed by atoms with Gasteiger partial charge in [0.05, 0.1) is 63.6 Å². The molecule has 2 N–H and O–H groups in total. The number of hydrogen-bond acceptors (Lipinski definition) is 8. The SMILES string of the molecule is CCC(OCC1CO1)C(O)COC1CCC(C(C)(C)C2CCC(OCC(O)C(C)(CC)OCC3CO3)CC2)CC1. The second-order valence-electron chi connectivity index (χ2n) is 13.7. The monoisotopic (exact) mass is 570 g/mol. The highest BCUT2D eigenvalue weighted by atomic mass is 16.6. The van der Waals surface area contributed by atoms with Crippen molar-refractivity contribution in [1.29, 1.82) is 0 Å². The molecule has 0 aromatic heterocycles. The summed E-state index contributed by atoms with van der Waals surface area (Å²) in [7, 11) is 0. The molecular weight excluding hydrogens is 512 g/mol. The molecule has 2 heterocycles. The molecule has 4 rings (SSSR count). The number of hydrogen-bond donors (Lipinski definition) is 2. The van der Waals surface area contributed by atoms with E-state index in [0.717, 1.165) is 51.7 Å². The molecule has 40 heavy (non-hydrogen) atoms. The summed E-state index contributed by atoms with van der Waals surface area (Å²) in [4.78, 5) is 0. The molecule has 2 aliphatic heterocycles. The standard InChI is InChI=1S/C32H58O8/c1-6-29(39-18-26-16-35-26)28(33)20-37-24-12-8-22(9-13-24)31(3,4)23-10-14-25(15-11-23)38-21-30(34)32(5,7-2)40-19-27-17-36-27/h22-30,33-34H,6-21H2,1-5H3. The van der Waals surface area contributed by atoms with Gasteiger partial charge in [0.25, 0.3) is 0 Å². The molecule has 0 aromatic carbocycles. The van der Waals surface area contributed by atoms with Gasteiger partial charge in [-0.25, -0.2) is 0 Å². The molecule has 0 amide bonds. The van der Waals surface area contributed by atoms with E-state index < -0.39 is 17.8 Å². The molecule has 4 fully saturated rings. The topological polar surface area (TPSA) is 102 Å². The number of epoxide rings is 2. The van der Waals surface area contributed by atoms with Crippen molar-refractivity contribution in [3.8, 4) is 0 Å². The van der Waals surface area contributed by atoms with Gasteiger partial charge in [-0.05, 0) is 88.4 Å². The van der Waals surface area contributed by atoms with Crippen LogP contribution in [0.25, 0.3) is 0 Å². The summed E-state index contributed by atoms with van der Waals surface area (Å²) in [6, 6.07) is 0. The average molecular weight is 571 g/mol. The molecule has 8 heteroatoms. The Hall–Kier alpha value is -0.320. The smallest absolute Gasteiger partial charge is 0.106 e. The van der Waals surface area contributed by atoms with Crippen molar-refractivity contribution < 1.29 is 38.6 Å². The molecule has 4 aliphatic rings. The van der Waals surface area contributed by atoms with Gasteiger partial charge < -0.3 is 38.6 Å². The van der Waals surface area contributed by atoms with Crippen molar-refractivity contribution in [1.82, 2.24) is 0 Å². The highest BCUT2D eigenvalue weighted by Gasteiger charge is 2.42. The van der Waals surface area contributed by atoms with Gasteiger partial charge in [0, 0.05) is 0 Å². The Labute approximate surface area is 242 Å². The zero-order chi connectivity index (χ0) is 28.8. The van der Waals surface area contributed by atoms with E-state index in [2.05, 4.69) is 20.8 Å². The van der Waals surface area contributed by atoms with E-state index >= 15 is 0 Å². The van der Waals surface area contributed by atoms with Gasteiger partial charge in [-0.15, -0.1) is 0 Å². The molecule has 6 unspecified atom stereocenters. The molecule has 0 aromatic rings. The fourth-order valence-corrected chi connectivity index (χ4v) is 6.80. The first-order valence-electron chi connectivity index (χ1n) is 16.2. The maximum absolute atomic E-state index is 10.8. The zero-order valence-corrected chi connectivity index (χ0v) is 25.9. The van der Waals surface area contributed by atoms with Crippen LogP contribution in [0.5, 0.6) is 0 Å². The first-order chi connectivity index (χ1) is 19.1. The lowest BCUT2D eigenvalue weighted by Gasteiger charge is -2.47. The number of ether oxygens (including phenoxy) is 6. The van der Waals surface area contributed by atoms with Crippen LogP contribution in [0, 0.1) is 17.3 Å². The van der Waals surface area contributed by atoms with Crippen LogP contribution in [-0.4, -0.2) is 98.2 Å². The molecule has 2 saturated carbocycles. The third-order valence-electron chi connectivity index (χ3n) is 10.6. The first-order valence-corrected chi connectivity index (χ1v) is 16.2. The second kappa shape index (κ2) is 14.9. The number of aliphatic hydroxyl groups excluding tert-OH is 2. The lowest BCUT2D eigenvalue weighted by Crippen LogP contribution is -2.46. The molecule has 2 saturated heterocycles. The van der Waals surface area contributed by atoms with Crippen molar-refractivity contribution in [2.24, 2.45) is 17.3 Å². The average Bonchev–Trinajstić information content (AvgIpc) is 3.90. The quantitative estimate of drug-likeness (QED) is 0.229. The Bertz CT molecular complexity index is 724. The maximum atomic E-state index is 10.8. The summed E-state index contributed by atoms with van der Waals surface area (Å²) in [5.41, 5.74) is -0.302. The van der Waals surface area contributed by atoms with E-state index in [1.54, 1.807) is 0 Å². The molecule has 6 atom stereocenters. The lowest BCUT2D eigenvalue weighted by molar-refractivity contribution is -0.149. The minimum atomic E-state index is -0.637. The van der Waals surface area contributed by atoms with Crippen molar-refractivity contribution >= 4 is 0 Å². The summed E-state index contributed by atoms with van der Waals surface area (Å²) in [6.45, 7) is 14.3. The van der Waals surface area contributed by atoms with Crippen LogP contribution in [0.4, 0.5) is 0 Å². The van der Waals surface area contributed by atoms with Crippen LogP contribution in [0.1, 0.15) is 98.8 Å². The lowest BCUT2D eigenvalue weighted by atomic mass is 9.60. The Morgan fingerprint density at radius 2 is 1.25 bits per heavy atom. The first kappa shape index (κ1) is 32.6. The van der Waals surface area contributed by atoms with Crippen LogP contribution in [0.15, 0.2) is 0 Å². The summed E-state index contributed by atoms with van der Waals surface area (Å²) >= 11 is 0. The van der Waals surface area contributed by atoms with E-state index in [9.17, 15) is 10.2 Å². The molecule has 2 aliphatic carbocycles. The Balaban J connectivity index is 1.12. The van der Waals surface area contributed by atoms with E-state index in [1.165, 1.54) is 25.7 Å². The highest BCUT2D eigenvalue weighted by molar-refractivity contribution is 4.92. The second-order valence-corrected chi connectivity index (χ2v) is 13.7. The van der Waals surface area contributed by atoms with E-state index in [4.69, 9.17) is 28.4 Å². The van der Waals surface area contributed by atoms with E-state index in [1.807, 2.05) is 13.8 Å². The van der Waals surface area contributed by atoms with Gasteiger partial charge >= 0.3 is 0 Å². The fourth-order valence-electron chi connectivity index (χ4n) is 6.80. The molecule has 8 nitrogen and oxygen atoms in total. The third-order valence-corrected chi connectivity index (χ3v) is 10.6. The molecular formula is C32H58O8. The Morgan fingerprint density at radius 3 is 1.73 bits per heavy atom. The van der Waals surface area contributed by atoms with Crippen LogP contribution in [0.3, 0.4) is 0 Å². The number of aliphatic hydroxyl groups is 2. The summed E-state index contributed by atoms with van der Waals surface area (Å²) < 4.78 is 34.7. The molecule has 234 valence electrons. The van der Waals surface area contributed by atoms with Crippen LogP contribution in [-0.2, 0) is 28.4 Å². The van der Waals surface area contributed by atoms with Gasteiger partial charge in [-0.3, -0.25) is 0 Å². The number of rotatable bonds is 18. The minimum Gasteiger partial charge on any atom is -0.388 e. The normalized spacial score (nSPS) is 34.6. The maximum Gasteiger partial charge on any atom is 0.106 e. The Kier molecular flexibility index (Phi) is 12.2. The summed E-state index contributed by atoms with van der Waals surface area (Å²) in [5.74, 6) is 1.40. The highest BCUT2D eigenvalue weighted by Crippen LogP contribution is 2.49. The van der Waals surface area contributed by atoms with Crippen molar-refractivity contribution in [2.75, 3.05) is 39.6 Å². The molecule has 0 radical (unpaired) electrons. The zero-order valence-electron chi connectivity index (χ0n) is 25.9. The van der Waals surface area contributed by atoms with Crippen LogP contribution >= 0.6 is 0 Å². The summed E-state index contributed by atoms with van der Waals surface area (Å²) in [6.07, 6.45) is 9.95. The third kappa shape index (κ3) is 9.34. The van der Waals surface area contributed by atoms with Gasteiger partial charge in [-0.2, -0.15) is 0 Å². The summed E-state index contributed by atoms with van der Waals surface area (Å²) in [5, 5.41) is 21.4. The minimum absolute atomic E-state index is 0.186. The van der Waals surface area contributed by atoms with Gasteiger partial charge in [-0.1, -0.05) is 27.7 Å². The largest absolute Gasteiger partial charge is 0.388 e. The van der Waals surface area contributed by atoms with Gasteiger partial charge in [0.2, 0.25) is 0 Å². The predicted octanol–water partition coefficient (Wildman–Crippen LogP) is 4.66. The van der Waals surface area contributed by atoms with E-state index in [0.29, 0.717) is 43.7 Å². The van der Waals surface area contributed by atoms with Crippen molar-refractivity contribution in [2.45, 2.75) is 147 Å². The Morgan fingerprint density at radius 1 is 0.750 bits per heavy atom. The van der Waals surface area contributed by atoms with Gasteiger partial charge in [0.1, 0.15) is 24.4 Å².